The zero-order valence-electron chi connectivity index (χ0n) is 9.29. The molecule has 0 saturated carbocycles. The van der Waals surface area contributed by atoms with Gasteiger partial charge in [0.05, 0.1) is 11.3 Å². The fourth-order valence-electron chi connectivity index (χ4n) is 1.47. The minimum atomic E-state index is -4.36. The molecular weight excluding hydrogens is 311 g/mol. The monoisotopic (exact) mass is 319 g/mol. The Labute approximate surface area is 110 Å². The van der Waals surface area contributed by atoms with Crippen LogP contribution in [0.1, 0.15) is 11.1 Å². The van der Waals surface area contributed by atoms with Gasteiger partial charge in [-0.3, -0.25) is 0 Å². The van der Waals surface area contributed by atoms with Crippen LogP contribution in [0, 0.1) is 6.92 Å². The first-order chi connectivity index (χ1) is 8.29. The molecule has 1 aromatic carbocycles. The van der Waals surface area contributed by atoms with Crippen molar-refractivity contribution in [2.45, 2.75) is 13.1 Å². The number of hydrogen-bond acceptors (Lipinski definition) is 2. The lowest BCUT2D eigenvalue weighted by Gasteiger charge is -2.10. The molecule has 3 nitrogen and oxygen atoms in total. The van der Waals surface area contributed by atoms with E-state index in [1.807, 2.05) is 0 Å². The molecule has 0 aliphatic heterocycles. The number of anilines is 1. The molecule has 2 aromatic rings. The van der Waals surface area contributed by atoms with E-state index in [0.29, 0.717) is 16.0 Å². The number of halogens is 4. The SMILES string of the molecule is Cc1cn(-c2ccc(C(F)(F)F)cc2Br)nc1N. The van der Waals surface area contributed by atoms with Gasteiger partial charge in [-0.25, -0.2) is 4.68 Å². The molecule has 1 aromatic heterocycles. The lowest BCUT2D eigenvalue weighted by molar-refractivity contribution is -0.137. The van der Waals surface area contributed by atoms with Crippen molar-refractivity contribution in [1.29, 1.82) is 0 Å². The number of nitrogens with two attached hydrogens (primary N) is 1. The van der Waals surface area contributed by atoms with Crippen molar-refractivity contribution in [2.24, 2.45) is 0 Å². The van der Waals surface area contributed by atoms with E-state index in [9.17, 15) is 13.2 Å². The highest BCUT2D eigenvalue weighted by Crippen LogP contribution is 2.33. The molecule has 0 aliphatic rings. The average Bonchev–Trinajstić information content (AvgIpc) is 2.57. The number of nitrogens with zero attached hydrogens (tertiary/aromatic N) is 2. The molecular formula is C11H9BrF3N3. The Kier molecular flexibility index (Phi) is 3.10. The summed E-state index contributed by atoms with van der Waals surface area (Å²) in [6, 6.07) is 3.37. The van der Waals surface area contributed by atoms with Crippen LogP contribution >= 0.6 is 15.9 Å². The predicted octanol–water partition coefficient (Wildman–Crippen LogP) is 3.54. The molecule has 2 rings (SSSR count). The fraction of sp³-hybridized carbons (Fsp3) is 0.182. The van der Waals surface area contributed by atoms with E-state index in [1.54, 1.807) is 13.1 Å². The van der Waals surface area contributed by atoms with Crippen molar-refractivity contribution in [1.82, 2.24) is 9.78 Å². The summed E-state index contributed by atoms with van der Waals surface area (Å²) in [4.78, 5) is 0. The average molecular weight is 320 g/mol. The number of hydrogen-bond donors (Lipinski definition) is 1. The lowest BCUT2D eigenvalue weighted by Crippen LogP contribution is -2.06. The van der Waals surface area contributed by atoms with Crippen LogP contribution in [0.15, 0.2) is 28.9 Å². The van der Waals surface area contributed by atoms with Gasteiger partial charge in [0, 0.05) is 16.2 Å². The van der Waals surface area contributed by atoms with Crippen LogP contribution < -0.4 is 5.73 Å². The number of aryl methyl sites for hydroxylation is 1. The molecule has 96 valence electrons. The zero-order chi connectivity index (χ0) is 13.5. The maximum atomic E-state index is 12.5. The van der Waals surface area contributed by atoms with E-state index < -0.39 is 11.7 Å². The van der Waals surface area contributed by atoms with Gasteiger partial charge < -0.3 is 5.73 Å². The van der Waals surface area contributed by atoms with Gasteiger partial charge in [-0.1, -0.05) is 0 Å². The lowest BCUT2D eigenvalue weighted by atomic mass is 10.2. The molecule has 0 unspecified atom stereocenters. The quantitative estimate of drug-likeness (QED) is 0.873. The van der Waals surface area contributed by atoms with Crippen LogP contribution in [0.3, 0.4) is 0 Å². The van der Waals surface area contributed by atoms with Crippen molar-refractivity contribution in [3.63, 3.8) is 0 Å². The van der Waals surface area contributed by atoms with Gasteiger partial charge in [0.25, 0.3) is 0 Å². The number of benzene rings is 1. The smallest absolute Gasteiger partial charge is 0.382 e. The first kappa shape index (κ1) is 12.9. The van der Waals surface area contributed by atoms with Crippen LogP contribution in [0.5, 0.6) is 0 Å². The maximum absolute atomic E-state index is 12.5. The third kappa shape index (κ3) is 2.35. The normalized spacial score (nSPS) is 11.8. The summed E-state index contributed by atoms with van der Waals surface area (Å²) in [6.07, 6.45) is -2.71. The second kappa shape index (κ2) is 4.31. The van der Waals surface area contributed by atoms with Gasteiger partial charge in [0.15, 0.2) is 0 Å². The Bertz CT molecular complexity index is 570. The van der Waals surface area contributed by atoms with Crippen LogP contribution in [0.25, 0.3) is 5.69 Å². The summed E-state index contributed by atoms with van der Waals surface area (Å²) >= 11 is 3.11. The van der Waals surface area contributed by atoms with E-state index in [0.717, 1.165) is 17.7 Å². The summed E-state index contributed by atoms with van der Waals surface area (Å²) in [5.74, 6) is 0.349. The highest BCUT2D eigenvalue weighted by atomic mass is 79.9. The van der Waals surface area contributed by atoms with Gasteiger partial charge in [-0.2, -0.15) is 18.3 Å². The Balaban J connectivity index is 2.48. The van der Waals surface area contributed by atoms with Gasteiger partial charge in [-0.15, -0.1) is 0 Å². The number of rotatable bonds is 1. The summed E-state index contributed by atoms with van der Waals surface area (Å²) in [6.45, 7) is 1.77. The molecule has 2 N–H and O–H groups in total. The molecule has 0 amide bonds. The number of alkyl halides is 3. The van der Waals surface area contributed by atoms with Gasteiger partial charge >= 0.3 is 6.18 Å². The molecule has 0 spiro atoms. The van der Waals surface area contributed by atoms with Crippen molar-refractivity contribution in [3.8, 4) is 5.69 Å². The van der Waals surface area contributed by atoms with Crippen LogP contribution in [-0.2, 0) is 6.18 Å². The molecule has 0 fully saturated rings. The van der Waals surface area contributed by atoms with E-state index in [2.05, 4.69) is 21.0 Å². The first-order valence-electron chi connectivity index (χ1n) is 4.98. The van der Waals surface area contributed by atoms with Gasteiger partial charge in [0.1, 0.15) is 5.82 Å². The Morgan fingerprint density at radius 3 is 2.44 bits per heavy atom. The molecule has 0 bridgehead atoms. The van der Waals surface area contributed by atoms with Crippen molar-refractivity contribution in [3.05, 3.63) is 40.0 Å². The van der Waals surface area contributed by atoms with Crippen molar-refractivity contribution < 1.29 is 13.2 Å². The molecule has 0 atom stereocenters. The predicted molar refractivity (Wildman–Crippen MR) is 65.4 cm³/mol. The molecule has 0 radical (unpaired) electrons. The molecule has 0 aliphatic carbocycles. The molecule has 18 heavy (non-hydrogen) atoms. The minimum absolute atomic E-state index is 0.305. The Morgan fingerprint density at radius 1 is 1.33 bits per heavy atom. The summed E-state index contributed by atoms with van der Waals surface area (Å²) in [7, 11) is 0. The minimum Gasteiger partial charge on any atom is -0.382 e. The van der Waals surface area contributed by atoms with Crippen LogP contribution in [-0.4, -0.2) is 9.78 Å². The Hall–Kier alpha value is -1.50. The second-order valence-electron chi connectivity index (χ2n) is 3.81. The molecule has 7 heteroatoms. The Morgan fingerprint density at radius 2 is 2.00 bits per heavy atom. The highest BCUT2D eigenvalue weighted by Gasteiger charge is 2.30. The van der Waals surface area contributed by atoms with E-state index in [1.165, 1.54) is 10.7 Å². The highest BCUT2D eigenvalue weighted by molar-refractivity contribution is 9.10. The van der Waals surface area contributed by atoms with Crippen LogP contribution in [0.4, 0.5) is 19.0 Å². The summed E-state index contributed by atoms with van der Waals surface area (Å²) in [5.41, 5.74) is 6.16. The maximum Gasteiger partial charge on any atom is 0.416 e. The first-order valence-corrected chi connectivity index (χ1v) is 5.77. The summed E-state index contributed by atoms with van der Waals surface area (Å²) in [5, 5.41) is 4.02. The topological polar surface area (TPSA) is 43.8 Å². The number of nitrogen functional groups attached to an aromatic ring is 1. The molecule has 1 heterocycles. The zero-order valence-corrected chi connectivity index (χ0v) is 10.9. The molecule has 0 saturated heterocycles. The standard InChI is InChI=1S/C11H9BrF3N3/c1-6-5-18(17-10(6)16)9-3-2-7(4-8(9)12)11(13,14)15/h2-5H,1H3,(H2,16,17). The van der Waals surface area contributed by atoms with E-state index in [-0.39, 0.29) is 0 Å². The van der Waals surface area contributed by atoms with Gasteiger partial charge in [0.2, 0.25) is 0 Å². The van der Waals surface area contributed by atoms with E-state index >= 15 is 0 Å². The number of aromatic nitrogens is 2. The van der Waals surface area contributed by atoms with Gasteiger partial charge in [-0.05, 0) is 41.1 Å². The second-order valence-corrected chi connectivity index (χ2v) is 4.66. The van der Waals surface area contributed by atoms with E-state index in [4.69, 9.17) is 5.73 Å². The third-order valence-corrected chi connectivity index (χ3v) is 3.09. The third-order valence-electron chi connectivity index (χ3n) is 2.46. The largest absolute Gasteiger partial charge is 0.416 e. The summed E-state index contributed by atoms with van der Waals surface area (Å²) < 4.78 is 39.3. The van der Waals surface area contributed by atoms with Crippen molar-refractivity contribution >= 4 is 21.7 Å². The van der Waals surface area contributed by atoms with Crippen LogP contribution in [0.2, 0.25) is 0 Å². The van der Waals surface area contributed by atoms with Crippen molar-refractivity contribution in [2.75, 3.05) is 5.73 Å². The fourth-order valence-corrected chi connectivity index (χ4v) is 2.03.